The van der Waals surface area contributed by atoms with Crippen LogP contribution in [0.5, 0.6) is 23.0 Å². The normalized spacial score (nSPS) is 11.0. The van der Waals surface area contributed by atoms with Crippen molar-refractivity contribution in [2.75, 3.05) is 0 Å². The van der Waals surface area contributed by atoms with E-state index in [1.165, 1.54) is 18.3 Å². The van der Waals surface area contributed by atoms with Gasteiger partial charge >= 0.3 is 21.1 Å². The fourth-order valence-corrected chi connectivity index (χ4v) is 6.72. The molecular formula is C47H33FN4O3Pt. The van der Waals surface area contributed by atoms with Gasteiger partial charge in [-0.25, -0.2) is 9.37 Å². The second-order valence-electron chi connectivity index (χ2n) is 13.1. The number of benzene rings is 6. The van der Waals surface area contributed by atoms with Gasteiger partial charge in [0.2, 0.25) is 0 Å². The molecule has 0 saturated carbocycles. The second kappa shape index (κ2) is 16.1. The number of para-hydroxylation sites is 1. The second-order valence-corrected chi connectivity index (χ2v) is 13.1. The average Bonchev–Trinajstić information content (AvgIpc) is 3.83. The van der Waals surface area contributed by atoms with Crippen LogP contribution in [0.2, 0.25) is 0 Å². The minimum Gasteiger partial charge on any atom is -0.509 e. The van der Waals surface area contributed by atoms with Gasteiger partial charge < -0.3 is 18.8 Å². The number of aryl methyl sites for hydroxylation is 1. The van der Waals surface area contributed by atoms with Crippen LogP contribution < -0.4 is 14.2 Å². The molecule has 0 saturated heterocycles. The number of hydrogen-bond donors (Lipinski definition) is 0. The number of ether oxygens (including phenoxy) is 3. The Balaban J connectivity index is 0.00000441. The summed E-state index contributed by atoms with van der Waals surface area (Å²) in [7, 11) is 0. The zero-order valence-electron chi connectivity index (χ0n) is 30.1. The molecule has 6 aromatic carbocycles. The summed E-state index contributed by atoms with van der Waals surface area (Å²) in [5, 5.41) is 6.69. The summed E-state index contributed by atoms with van der Waals surface area (Å²) < 4.78 is 37.3. The number of fused-ring (bicyclic) bond motifs is 3. The van der Waals surface area contributed by atoms with Gasteiger partial charge in [0.1, 0.15) is 36.3 Å². The maximum absolute atomic E-state index is 14.3. The van der Waals surface area contributed by atoms with Crippen molar-refractivity contribution in [2.24, 2.45) is 0 Å². The third-order valence-corrected chi connectivity index (χ3v) is 9.27. The number of pyridine rings is 1. The Morgan fingerprint density at radius 2 is 1.36 bits per heavy atom. The molecular weight excluding hydrogens is 883 g/mol. The minimum atomic E-state index is -0.370. The van der Waals surface area contributed by atoms with Gasteiger partial charge in [-0.05, 0) is 59.0 Å². The molecule has 0 N–H and O–H groups in total. The molecule has 56 heavy (non-hydrogen) atoms. The Kier molecular flexibility index (Phi) is 10.5. The quantitative estimate of drug-likeness (QED) is 0.121. The van der Waals surface area contributed by atoms with Gasteiger partial charge in [0.25, 0.3) is 0 Å². The van der Waals surface area contributed by atoms with E-state index >= 15 is 0 Å². The van der Waals surface area contributed by atoms with Crippen molar-refractivity contribution in [3.8, 4) is 45.6 Å². The summed E-state index contributed by atoms with van der Waals surface area (Å²) in [6, 6.07) is 51.2. The topological polar surface area (TPSA) is 63.3 Å². The minimum absolute atomic E-state index is 0. The van der Waals surface area contributed by atoms with E-state index in [4.69, 9.17) is 19.3 Å². The number of nitrogens with zero attached hydrogens (tertiary/aromatic N) is 4. The van der Waals surface area contributed by atoms with Crippen LogP contribution in [-0.4, -0.2) is 19.3 Å². The molecule has 0 aliphatic carbocycles. The van der Waals surface area contributed by atoms with Gasteiger partial charge in [-0.2, -0.15) is 17.2 Å². The number of rotatable bonds is 11. The zero-order chi connectivity index (χ0) is 37.1. The maximum atomic E-state index is 14.3. The van der Waals surface area contributed by atoms with Crippen LogP contribution in [0, 0.1) is 24.9 Å². The fraction of sp³-hybridized carbons (Fsp3) is 0.0638. The molecule has 9 rings (SSSR count). The summed E-state index contributed by atoms with van der Waals surface area (Å²) in [4.78, 5) is 4.46. The molecule has 7 nitrogen and oxygen atoms in total. The first-order valence-corrected chi connectivity index (χ1v) is 17.9. The van der Waals surface area contributed by atoms with Gasteiger partial charge in [0, 0.05) is 41.0 Å². The maximum Gasteiger partial charge on any atom is 2.00 e. The van der Waals surface area contributed by atoms with E-state index in [-0.39, 0.29) is 26.9 Å². The number of hydrogen-bond acceptors (Lipinski definition) is 5. The van der Waals surface area contributed by atoms with E-state index in [0.29, 0.717) is 47.7 Å². The predicted octanol–water partition coefficient (Wildman–Crippen LogP) is 11.0. The van der Waals surface area contributed by atoms with Crippen molar-refractivity contribution in [1.82, 2.24) is 19.3 Å². The Bertz CT molecular complexity index is 2720. The third kappa shape index (κ3) is 7.57. The summed E-state index contributed by atoms with van der Waals surface area (Å²) in [6.45, 7) is 2.84. The van der Waals surface area contributed by atoms with Crippen molar-refractivity contribution in [3.05, 3.63) is 193 Å². The van der Waals surface area contributed by atoms with E-state index in [2.05, 4.69) is 17.1 Å². The van der Waals surface area contributed by atoms with Crippen LogP contribution in [0.1, 0.15) is 16.7 Å². The Morgan fingerprint density at radius 3 is 2.07 bits per heavy atom. The monoisotopic (exact) mass is 915 g/mol. The van der Waals surface area contributed by atoms with Crippen molar-refractivity contribution < 1.29 is 39.7 Å². The molecule has 0 aliphatic rings. The van der Waals surface area contributed by atoms with Crippen LogP contribution >= 0.6 is 0 Å². The molecule has 9 aromatic rings. The molecule has 0 spiro atoms. The first-order chi connectivity index (χ1) is 27.1. The van der Waals surface area contributed by atoms with Crippen LogP contribution in [0.15, 0.2) is 158 Å². The van der Waals surface area contributed by atoms with Crippen molar-refractivity contribution in [1.29, 1.82) is 0 Å². The van der Waals surface area contributed by atoms with Crippen LogP contribution in [0.3, 0.4) is 0 Å². The Hall–Kier alpha value is -6.50. The molecule has 0 radical (unpaired) electrons. The van der Waals surface area contributed by atoms with Crippen LogP contribution in [0.25, 0.3) is 44.4 Å². The van der Waals surface area contributed by atoms with E-state index in [1.54, 1.807) is 10.9 Å². The molecule has 0 unspecified atom stereocenters. The fourth-order valence-electron chi connectivity index (χ4n) is 6.72. The van der Waals surface area contributed by atoms with E-state index < -0.39 is 0 Å². The molecule has 3 aromatic heterocycles. The molecule has 0 fully saturated rings. The number of halogens is 1. The summed E-state index contributed by atoms with van der Waals surface area (Å²) in [5.74, 6) is 2.44. The zero-order valence-corrected chi connectivity index (χ0v) is 32.4. The largest absolute Gasteiger partial charge is 2.00 e. The first-order valence-electron chi connectivity index (χ1n) is 17.9. The standard InChI is InChI=1S/C47H33FN4O3.Pt/c1-32-23-44(53-30-33-11-4-2-5-12-33)47(45(24-32)54-31-34-13-6-3-7-14-34)35-28-50-51(29-35)37-15-10-16-38(26-37)55-39-19-20-41-40-17-8-9-18-42(40)52(43(41)27-39)46-25-36(48)21-22-49-46;/h2-25,28-29H,30-31H2,1H3;/q-2;+2. The van der Waals surface area contributed by atoms with Gasteiger partial charge in [0.05, 0.1) is 11.8 Å². The third-order valence-electron chi connectivity index (χ3n) is 9.27. The van der Waals surface area contributed by atoms with Gasteiger partial charge in [-0.15, -0.1) is 35.7 Å². The Labute approximate surface area is 337 Å². The summed E-state index contributed by atoms with van der Waals surface area (Å²) in [6.07, 6.45) is 5.20. The molecule has 9 heteroatoms. The van der Waals surface area contributed by atoms with Crippen LogP contribution in [0.4, 0.5) is 4.39 Å². The SMILES string of the molecule is Cc1cc(OCc2ccccc2)c(-c2cnn(-c3[c-]c(Oc4[c-]c5c(cc4)c4ccccc4n5-c4cc(F)ccn4)ccc3)c2)c(OCc2ccccc2)c1.[Pt+2]. The predicted molar refractivity (Wildman–Crippen MR) is 212 cm³/mol. The molecule has 0 bridgehead atoms. The smallest absolute Gasteiger partial charge is 0.509 e. The van der Waals surface area contributed by atoms with E-state index in [1.807, 2.05) is 145 Å². The van der Waals surface area contributed by atoms with Crippen molar-refractivity contribution in [2.45, 2.75) is 20.1 Å². The van der Waals surface area contributed by atoms with Crippen molar-refractivity contribution in [3.63, 3.8) is 0 Å². The van der Waals surface area contributed by atoms with Gasteiger partial charge in [-0.1, -0.05) is 84.4 Å². The van der Waals surface area contributed by atoms with Crippen LogP contribution in [-0.2, 0) is 34.3 Å². The average molecular weight is 916 g/mol. The Morgan fingerprint density at radius 1 is 0.679 bits per heavy atom. The number of aromatic nitrogens is 4. The molecule has 3 heterocycles. The van der Waals surface area contributed by atoms with E-state index in [9.17, 15) is 4.39 Å². The van der Waals surface area contributed by atoms with Gasteiger partial charge in [-0.3, -0.25) is 4.68 Å². The summed E-state index contributed by atoms with van der Waals surface area (Å²) in [5.41, 5.74) is 7.06. The molecule has 0 aliphatic heterocycles. The molecule has 0 amide bonds. The van der Waals surface area contributed by atoms with E-state index in [0.717, 1.165) is 49.6 Å². The summed E-state index contributed by atoms with van der Waals surface area (Å²) >= 11 is 0. The van der Waals surface area contributed by atoms with Crippen molar-refractivity contribution >= 4 is 21.8 Å². The first kappa shape index (κ1) is 36.5. The molecule has 0 atom stereocenters. The van der Waals surface area contributed by atoms with Gasteiger partial charge in [0.15, 0.2) is 0 Å². The molecule has 276 valence electrons.